The SMILES string of the molecule is CC(=O)c1ccc2c(c1)N(CC(=O)Nc1ccc(Cl)cc1C(F)(F)F)C(=O)C(C)O2. The zero-order valence-corrected chi connectivity index (χ0v) is 16.6. The third-order valence-corrected chi connectivity index (χ3v) is 4.67. The maximum atomic E-state index is 13.2. The molecule has 3 rings (SSSR count). The molecule has 2 aromatic carbocycles. The van der Waals surface area contributed by atoms with E-state index in [0.29, 0.717) is 11.6 Å². The van der Waals surface area contributed by atoms with E-state index in [2.05, 4.69) is 5.32 Å². The van der Waals surface area contributed by atoms with Crippen LogP contribution in [0.25, 0.3) is 0 Å². The molecule has 0 fully saturated rings. The van der Waals surface area contributed by atoms with Crippen LogP contribution in [-0.2, 0) is 15.8 Å². The fourth-order valence-corrected chi connectivity index (χ4v) is 3.15. The molecule has 0 bridgehead atoms. The highest BCUT2D eigenvalue weighted by atomic mass is 35.5. The van der Waals surface area contributed by atoms with Crippen LogP contribution in [0.3, 0.4) is 0 Å². The summed E-state index contributed by atoms with van der Waals surface area (Å²) in [5, 5.41) is 2.04. The molecule has 1 aliphatic heterocycles. The lowest BCUT2D eigenvalue weighted by atomic mass is 10.1. The summed E-state index contributed by atoms with van der Waals surface area (Å²) in [6.45, 7) is 2.25. The molecule has 0 saturated heterocycles. The van der Waals surface area contributed by atoms with E-state index < -0.39 is 41.9 Å². The van der Waals surface area contributed by atoms with Crippen molar-refractivity contribution in [1.29, 1.82) is 0 Å². The quantitative estimate of drug-likeness (QED) is 0.719. The number of ketones is 1. The molecule has 158 valence electrons. The number of Topliss-reactive ketones (excluding diaryl/α,β-unsaturated/α-hetero) is 1. The van der Waals surface area contributed by atoms with Crippen molar-refractivity contribution in [2.24, 2.45) is 0 Å². The number of fused-ring (bicyclic) bond motifs is 1. The number of nitrogens with one attached hydrogen (secondary N) is 1. The predicted molar refractivity (Wildman–Crippen MR) is 104 cm³/mol. The Balaban J connectivity index is 1.90. The van der Waals surface area contributed by atoms with Crippen molar-refractivity contribution in [1.82, 2.24) is 0 Å². The van der Waals surface area contributed by atoms with Gasteiger partial charge in [-0.1, -0.05) is 11.6 Å². The van der Waals surface area contributed by atoms with Crippen LogP contribution in [0.4, 0.5) is 24.5 Å². The largest absolute Gasteiger partial charge is 0.479 e. The third-order valence-electron chi connectivity index (χ3n) is 4.44. The van der Waals surface area contributed by atoms with Crippen molar-refractivity contribution < 1.29 is 32.3 Å². The van der Waals surface area contributed by atoms with Crippen LogP contribution in [-0.4, -0.2) is 30.2 Å². The zero-order chi connectivity index (χ0) is 22.2. The molecule has 0 aliphatic carbocycles. The van der Waals surface area contributed by atoms with Gasteiger partial charge in [0.2, 0.25) is 5.91 Å². The van der Waals surface area contributed by atoms with Crippen LogP contribution >= 0.6 is 11.6 Å². The van der Waals surface area contributed by atoms with Crippen molar-refractivity contribution in [3.8, 4) is 5.75 Å². The Kier molecular flexibility index (Phi) is 5.76. The average molecular weight is 441 g/mol. The first-order chi connectivity index (χ1) is 14.0. The second kappa shape index (κ2) is 7.98. The second-order valence-corrected chi connectivity index (χ2v) is 7.10. The standard InChI is InChI=1S/C20H16ClF3N2O4/c1-10(27)12-3-6-17-16(7-12)26(19(29)11(2)30-17)9-18(28)25-15-5-4-13(21)8-14(15)20(22,23)24/h3-8,11H,9H2,1-2H3,(H,25,28). The van der Waals surface area contributed by atoms with E-state index in [-0.39, 0.29) is 22.2 Å². The van der Waals surface area contributed by atoms with Crippen molar-refractivity contribution in [2.75, 3.05) is 16.8 Å². The number of ether oxygens (including phenoxy) is 1. The van der Waals surface area contributed by atoms with Crippen LogP contribution in [0.15, 0.2) is 36.4 Å². The van der Waals surface area contributed by atoms with E-state index in [1.807, 2.05) is 0 Å². The smallest absolute Gasteiger partial charge is 0.418 e. The van der Waals surface area contributed by atoms with E-state index in [1.165, 1.54) is 38.1 Å². The molecule has 1 heterocycles. The summed E-state index contributed by atoms with van der Waals surface area (Å²) >= 11 is 5.64. The van der Waals surface area contributed by atoms with Crippen LogP contribution in [0.1, 0.15) is 29.8 Å². The first kappa shape index (κ1) is 21.6. The van der Waals surface area contributed by atoms with Gasteiger partial charge in [-0.25, -0.2) is 0 Å². The van der Waals surface area contributed by atoms with Gasteiger partial charge in [-0.3, -0.25) is 19.3 Å². The summed E-state index contributed by atoms with van der Waals surface area (Å²) < 4.78 is 45.2. The van der Waals surface area contributed by atoms with Gasteiger partial charge in [-0.2, -0.15) is 13.2 Å². The van der Waals surface area contributed by atoms with Crippen molar-refractivity contribution >= 4 is 40.6 Å². The Bertz CT molecular complexity index is 1040. The Hall–Kier alpha value is -3.07. The Morgan fingerprint density at radius 3 is 2.53 bits per heavy atom. The number of carbonyl (C=O) groups is 3. The number of amides is 2. The number of rotatable bonds is 4. The first-order valence-corrected chi connectivity index (χ1v) is 9.15. The molecule has 1 N–H and O–H groups in total. The topological polar surface area (TPSA) is 75.7 Å². The molecule has 0 spiro atoms. The molecule has 2 amide bonds. The minimum Gasteiger partial charge on any atom is -0.479 e. The fraction of sp³-hybridized carbons (Fsp3) is 0.250. The molecule has 2 aromatic rings. The van der Waals surface area contributed by atoms with Gasteiger partial charge in [0, 0.05) is 10.6 Å². The molecule has 1 atom stereocenters. The Labute approximate surface area is 174 Å². The maximum Gasteiger partial charge on any atom is 0.418 e. The molecule has 0 saturated carbocycles. The van der Waals surface area contributed by atoms with E-state index in [4.69, 9.17) is 16.3 Å². The molecule has 30 heavy (non-hydrogen) atoms. The summed E-state index contributed by atoms with van der Waals surface area (Å²) in [7, 11) is 0. The molecule has 1 aliphatic rings. The summed E-state index contributed by atoms with van der Waals surface area (Å²) in [6.07, 6.45) is -5.64. The normalized spacial score (nSPS) is 16.0. The van der Waals surface area contributed by atoms with Crippen LogP contribution in [0.5, 0.6) is 5.75 Å². The van der Waals surface area contributed by atoms with Gasteiger partial charge in [0.05, 0.1) is 16.9 Å². The van der Waals surface area contributed by atoms with E-state index in [9.17, 15) is 27.6 Å². The van der Waals surface area contributed by atoms with Crippen LogP contribution in [0.2, 0.25) is 5.02 Å². The summed E-state index contributed by atoms with van der Waals surface area (Å²) in [5.41, 5.74) is -1.11. The lowest BCUT2D eigenvalue weighted by molar-refractivity contribution is -0.137. The maximum absolute atomic E-state index is 13.2. The lowest BCUT2D eigenvalue weighted by Crippen LogP contribution is -2.47. The highest BCUT2D eigenvalue weighted by Gasteiger charge is 2.36. The Morgan fingerprint density at radius 2 is 1.90 bits per heavy atom. The van der Waals surface area contributed by atoms with Gasteiger partial charge in [0.15, 0.2) is 11.9 Å². The summed E-state index contributed by atoms with van der Waals surface area (Å²) in [6, 6.07) is 7.37. The molecular formula is C20H16ClF3N2O4. The number of alkyl halides is 3. The van der Waals surface area contributed by atoms with Crippen LogP contribution < -0.4 is 15.0 Å². The van der Waals surface area contributed by atoms with Crippen molar-refractivity contribution in [3.05, 3.63) is 52.5 Å². The van der Waals surface area contributed by atoms with Gasteiger partial charge in [-0.15, -0.1) is 0 Å². The fourth-order valence-electron chi connectivity index (χ4n) is 2.98. The molecule has 10 heteroatoms. The van der Waals surface area contributed by atoms with Gasteiger partial charge in [-0.05, 0) is 50.2 Å². The number of hydrogen-bond donors (Lipinski definition) is 1. The molecule has 1 unspecified atom stereocenters. The molecular weight excluding hydrogens is 425 g/mol. The zero-order valence-electron chi connectivity index (χ0n) is 15.8. The van der Waals surface area contributed by atoms with E-state index in [0.717, 1.165) is 11.0 Å². The monoisotopic (exact) mass is 440 g/mol. The van der Waals surface area contributed by atoms with E-state index >= 15 is 0 Å². The second-order valence-electron chi connectivity index (χ2n) is 6.66. The number of hydrogen-bond acceptors (Lipinski definition) is 4. The number of carbonyl (C=O) groups excluding carboxylic acids is 3. The van der Waals surface area contributed by atoms with Crippen molar-refractivity contribution in [3.63, 3.8) is 0 Å². The summed E-state index contributed by atoms with van der Waals surface area (Å²) in [4.78, 5) is 37.8. The van der Waals surface area contributed by atoms with Gasteiger partial charge in [0.25, 0.3) is 5.91 Å². The van der Waals surface area contributed by atoms with Gasteiger partial charge >= 0.3 is 6.18 Å². The minimum atomic E-state index is -4.74. The lowest BCUT2D eigenvalue weighted by Gasteiger charge is -2.32. The first-order valence-electron chi connectivity index (χ1n) is 8.77. The number of nitrogens with zero attached hydrogens (tertiary/aromatic N) is 1. The minimum absolute atomic E-state index is 0.136. The van der Waals surface area contributed by atoms with Crippen molar-refractivity contribution in [2.45, 2.75) is 26.1 Å². The Morgan fingerprint density at radius 1 is 1.20 bits per heavy atom. The van der Waals surface area contributed by atoms with Crippen LogP contribution in [0, 0.1) is 0 Å². The average Bonchev–Trinajstić information content (AvgIpc) is 2.65. The van der Waals surface area contributed by atoms with Gasteiger partial charge < -0.3 is 10.1 Å². The van der Waals surface area contributed by atoms with E-state index in [1.54, 1.807) is 0 Å². The molecule has 0 aromatic heterocycles. The number of anilines is 2. The highest BCUT2D eigenvalue weighted by molar-refractivity contribution is 6.30. The number of benzene rings is 2. The third kappa shape index (κ3) is 4.40. The van der Waals surface area contributed by atoms with Gasteiger partial charge in [0.1, 0.15) is 12.3 Å². The molecule has 0 radical (unpaired) electrons. The summed E-state index contributed by atoms with van der Waals surface area (Å²) in [5.74, 6) is -1.40. The highest BCUT2D eigenvalue weighted by Crippen LogP contribution is 2.37. The molecule has 6 nitrogen and oxygen atoms in total. The predicted octanol–water partition coefficient (Wildman–Crippen LogP) is 4.31. The number of halogens is 4.